The molecule has 3 saturated heterocycles. The van der Waals surface area contributed by atoms with Crippen molar-refractivity contribution in [1.29, 1.82) is 0 Å². The van der Waals surface area contributed by atoms with Crippen LogP contribution in [-0.4, -0.2) is 299 Å². The Balaban J connectivity index is 1.85. The van der Waals surface area contributed by atoms with E-state index in [1.54, 1.807) is 0 Å². The molecule has 648 valence electrons. The highest BCUT2D eigenvalue weighted by Gasteiger charge is 2.49. The van der Waals surface area contributed by atoms with Crippen LogP contribution in [0, 0.1) is 5.92 Å². The summed E-state index contributed by atoms with van der Waals surface area (Å²) in [5.41, 5.74) is 16.7. The van der Waals surface area contributed by atoms with Crippen LogP contribution < -0.4 is 75.7 Å². The average molecular weight is 1640 g/mol. The zero-order valence-electron chi connectivity index (χ0n) is 66.5. The van der Waals surface area contributed by atoms with Crippen LogP contribution in [0.3, 0.4) is 0 Å². The molecule has 0 aromatic heterocycles. The molecule has 20 atom stereocenters. The van der Waals surface area contributed by atoms with E-state index in [9.17, 15) is 118 Å². The molecule has 0 spiro atoms. The van der Waals surface area contributed by atoms with Crippen molar-refractivity contribution in [3.8, 4) is 5.75 Å². The highest BCUT2D eigenvalue weighted by atomic mass is 16.5. The van der Waals surface area contributed by atoms with Crippen molar-refractivity contribution >= 4 is 94.4 Å². The van der Waals surface area contributed by atoms with Gasteiger partial charge in [0, 0.05) is 25.9 Å². The van der Waals surface area contributed by atoms with Gasteiger partial charge in [-0.25, -0.2) is 4.79 Å². The number of esters is 1. The number of primary amides is 1. The van der Waals surface area contributed by atoms with Gasteiger partial charge in [0.2, 0.25) is 82.7 Å². The molecule has 1 aromatic carbocycles. The van der Waals surface area contributed by atoms with Gasteiger partial charge in [-0.1, -0.05) is 91.0 Å². The average Bonchev–Trinajstić information content (AvgIpc) is 1.59. The first kappa shape index (κ1) is 98.0. The fraction of sp³-hybridized carbons (Fsp3) is 0.716. The van der Waals surface area contributed by atoms with Crippen molar-refractivity contribution in [3.05, 3.63) is 23.8 Å². The normalized spacial score (nSPS) is 27.4. The number of carbonyl (C=O) groups excluding carboxylic acids is 15. The molecule has 0 radical (unpaired) electrons. The van der Waals surface area contributed by atoms with Gasteiger partial charge in [-0.3, -0.25) is 67.1 Å². The van der Waals surface area contributed by atoms with E-state index >= 15 is 0 Å². The van der Waals surface area contributed by atoms with E-state index < -0.39 is 274 Å². The molecule has 0 saturated carbocycles. The number of aromatic hydroxyl groups is 1. The molecule has 1 aromatic rings. The molecule has 0 unspecified atom stereocenters. The lowest BCUT2D eigenvalue weighted by atomic mass is 9.99. The Kier molecular flexibility index (Phi) is 41.1. The predicted octanol–water partition coefficient (Wildman–Crippen LogP) is -7.21. The van der Waals surface area contributed by atoms with E-state index in [-0.39, 0.29) is 43.5 Å². The van der Waals surface area contributed by atoms with Crippen molar-refractivity contribution in [2.45, 2.75) is 299 Å². The molecular formula is C74H122N16O25. The highest BCUT2D eigenvalue weighted by molar-refractivity contribution is 6.01. The highest BCUT2D eigenvalue weighted by Crippen LogP contribution is 2.28. The third-order valence-corrected chi connectivity index (χ3v) is 19.9. The van der Waals surface area contributed by atoms with Gasteiger partial charge in [0.05, 0.1) is 74.4 Å². The molecule has 0 bridgehead atoms. The van der Waals surface area contributed by atoms with Gasteiger partial charge < -0.3 is 136 Å². The molecule has 4 rings (SSSR count). The Labute approximate surface area is 667 Å². The molecule has 3 aliphatic rings. The molecule has 3 heterocycles. The molecule has 115 heavy (non-hydrogen) atoms. The topological polar surface area (TPSA) is 664 Å². The summed E-state index contributed by atoms with van der Waals surface area (Å²) >= 11 is 0. The number of rotatable bonds is 28. The monoisotopic (exact) mass is 1630 g/mol. The lowest BCUT2D eigenvalue weighted by molar-refractivity contribution is -0.155. The summed E-state index contributed by atoms with van der Waals surface area (Å²) in [6.45, 7) is 7.51. The third-order valence-electron chi connectivity index (χ3n) is 19.9. The van der Waals surface area contributed by atoms with Crippen molar-refractivity contribution in [2.75, 3.05) is 38.1 Å². The maximum Gasteiger partial charge on any atom is 0.328 e. The number of hydrogen-bond acceptors (Lipinski definition) is 27. The lowest BCUT2D eigenvalue weighted by Crippen LogP contribution is -2.64. The van der Waals surface area contributed by atoms with Gasteiger partial charge in [-0.15, -0.1) is 0 Å². The number of hydrogen-bond donors (Lipinski definition) is 23. The largest absolute Gasteiger partial charge is 0.506 e. The molecule has 3 fully saturated rings. The van der Waals surface area contributed by atoms with E-state index in [0.29, 0.717) is 17.7 Å². The fourth-order valence-corrected chi connectivity index (χ4v) is 13.3. The van der Waals surface area contributed by atoms with Crippen LogP contribution in [0.4, 0.5) is 5.69 Å². The maximum atomic E-state index is 14.9. The number of aliphatic hydroxyl groups excluding tert-OH is 8. The van der Waals surface area contributed by atoms with Gasteiger partial charge in [0.25, 0.3) is 0 Å². The van der Waals surface area contributed by atoms with Gasteiger partial charge in [0.15, 0.2) is 0 Å². The summed E-state index contributed by atoms with van der Waals surface area (Å²) in [7, 11) is 0. The minimum Gasteiger partial charge on any atom is -0.506 e. The lowest BCUT2D eigenvalue weighted by Gasteiger charge is -2.34. The van der Waals surface area contributed by atoms with Crippen LogP contribution in [0.5, 0.6) is 5.75 Å². The number of fused-ring (bicyclic) bond motifs is 2. The number of ether oxygens (including phenoxy) is 1. The second-order valence-electron chi connectivity index (χ2n) is 30.1. The SMILES string of the molecule is CCCCCCCCCCCCC[C@@H]1CC(=O)N[C@H]([C@@H](C)O)C(=O)N[C@H](C)C(=O)N[C@@H](Cc2ccc(O)c(NC(=O)[C@@H](N)CO)c2)C(=O)N[C@@H](C(C)C)C(=O)N2C[C@H](O)C[C@H]2C(=O)N[C@H]([C@@H](C)O)C(=O)N[C@@H]([C@@H](C)O)C(=O)N2CC[C@H](O)[C@H]2C(=O)N[C@@H]([C@H](O)CC(N)=O)C(=O)NCC(=O)N[C@H]([C@@H](C)O)C(=O)N[C@@H](CCCN)C(=O)O1. The number of phenols is 1. The van der Waals surface area contributed by atoms with E-state index in [0.717, 1.165) is 96.4 Å². The number of phenolic OH excluding ortho intramolecular Hbond substituents is 1. The Bertz CT molecular complexity index is 3480. The van der Waals surface area contributed by atoms with E-state index in [1.807, 2.05) is 0 Å². The number of nitrogens with two attached hydrogens (primary N) is 3. The van der Waals surface area contributed by atoms with Crippen LogP contribution in [0.25, 0.3) is 0 Å². The third kappa shape index (κ3) is 31.0. The maximum absolute atomic E-state index is 14.9. The van der Waals surface area contributed by atoms with Gasteiger partial charge >= 0.3 is 5.97 Å². The number of unbranched alkanes of at least 4 members (excludes halogenated alkanes) is 10. The molecule has 41 heteroatoms. The minimum atomic E-state index is -2.24. The van der Waals surface area contributed by atoms with Crippen LogP contribution in [0.2, 0.25) is 0 Å². The zero-order chi connectivity index (χ0) is 86.2. The standard InChI is InChI=1S/C74H122N16O25/c1-9-10-11-12-13-14-15-16-17-18-19-21-44-31-54(101)83-57(38(5)92)68(108)79-37(4)63(103)82-48(29-42-23-24-50(97)47(28-42)81-64(104)45(76)35-91)65(105)85-56(36(2)3)72(112)90-34-43(96)30-49(90)66(106)86-59(40(7)94)70(110)87-60(41(8)95)73(113)89-27-25-51(98)62(89)71(111)88-61(52(99)32-53(77)100)67(107)78-33-55(102)84-58(39(6)93)69(109)80-46(22-20-26-75)74(114)115-44/h23-24,28,36-41,43-46,48-49,51-52,56-62,91-99H,9-22,25-27,29-35,75-76H2,1-8H3,(H2,77,100)(H,78,107)(H,79,108)(H,80,109)(H,81,104)(H,82,103)(H,83,101)(H,84,102)(H,85,105)(H,86,106)(H,87,110)(H,88,111)/t37-,38-,39-,40-,41-,43-,44-,45+,46+,48+,49+,51+,52-,56+,57-,58-,59-,60+,61+,62+/m1/s1. The summed E-state index contributed by atoms with van der Waals surface area (Å²) in [4.78, 5) is 213. The number of carbonyl (C=O) groups is 15. The Morgan fingerprint density at radius 2 is 1.11 bits per heavy atom. The quantitative estimate of drug-likeness (QED) is 0.0211. The number of anilines is 1. The summed E-state index contributed by atoms with van der Waals surface area (Å²) < 4.78 is 5.95. The van der Waals surface area contributed by atoms with Crippen molar-refractivity contribution in [2.24, 2.45) is 23.1 Å². The van der Waals surface area contributed by atoms with Crippen LogP contribution in [0.15, 0.2) is 18.2 Å². The number of benzene rings is 1. The van der Waals surface area contributed by atoms with E-state index in [4.69, 9.17) is 21.9 Å². The smallest absolute Gasteiger partial charge is 0.328 e. The van der Waals surface area contributed by atoms with Crippen molar-refractivity contribution < 1.29 is 123 Å². The number of amides is 14. The zero-order valence-corrected chi connectivity index (χ0v) is 66.5. The second kappa shape index (κ2) is 48.3. The second-order valence-corrected chi connectivity index (χ2v) is 30.1. The number of nitrogens with one attached hydrogen (secondary N) is 11. The van der Waals surface area contributed by atoms with Crippen molar-refractivity contribution in [1.82, 2.24) is 63.0 Å². The molecule has 26 N–H and O–H groups in total. The number of cyclic esters (lactones) is 1. The van der Waals surface area contributed by atoms with Gasteiger partial charge in [-0.2, -0.15) is 0 Å². The van der Waals surface area contributed by atoms with Crippen LogP contribution in [-0.2, 0) is 83.1 Å². The summed E-state index contributed by atoms with van der Waals surface area (Å²) in [5, 5.41) is 124. The predicted molar refractivity (Wildman–Crippen MR) is 409 cm³/mol. The summed E-state index contributed by atoms with van der Waals surface area (Å²) in [6.07, 6.45) is -6.93. The van der Waals surface area contributed by atoms with Gasteiger partial charge in [-0.05, 0) is 96.9 Å². The number of aliphatic hydroxyl groups is 8. The molecular weight excluding hydrogens is 1510 g/mol. The van der Waals surface area contributed by atoms with Gasteiger partial charge in [0.1, 0.15) is 84.4 Å². The first-order valence-corrected chi connectivity index (χ1v) is 39.2. The Hall–Kier alpha value is -9.33. The molecule has 0 aliphatic carbocycles. The molecule has 41 nitrogen and oxygen atoms in total. The Morgan fingerprint density at radius 1 is 0.591 bits per heavy atom. The Morgan fingerprint density at radius 3 is 1.68 bits per heavy atom. The van der Waals surface area contributed by atoms with Crippen LogP contribution >= 0.6 is 0 Å². The van der Waals surface area contributed by atoms with Crippen LogP contribution in [0.1, 0.15) is 177 Å². The molecule has 14 amide bonds. The first-order chi connectivity index (χ1) is 54.2. The fourth-order valence-electron chi connectivity index (χ4n) is 13.3. The molecule has 3 aliphatic heterocycles. The number of nitrogens with zero attached hydrogens (tertiary/aromatic N) is 2. The first-order valence-electron chi connectivity index (χ1n) is 39.2. The van der Waals surface area contributed by atoms with E-state index in [2.05, 4.69) is 65.4 Å². The summed E-state index contributed by atoms with van der Waals surface area (Å²) in [6, 6.07) is -18.4. The minimum absolute atomic E-state index is 0.0353. The van der Waals surface area contributed by atoms with E-state index in [1.165, 1.54) is 32.9 Å². The summed E-state index contributed by atoms with van der Waals surface area (Å²) in [5.74, 6) is -19.1. The van der Waals surface area contributed by atoms with Crippen molar-refractivity contribution in [3.63, 3.8) is 0 Å².